The number of amides is 1. The van der Waals surface area contributed by atoms with E-state index in [0.717, 1.165) is 23.5 Å². The van der Waals surface area contributed by atoms with Crippen LogP contribution in [0.2, 0.25) is 0 Å². The summed E-state index contributed by atoms with van der Waals surface area (Å²) in [4.78, 5) is 12.0. The molecule has 0 atom stereocenters. The average Bonchev–Trinajstić information content (AvgIpc) is 2.60. The first-order valence-corrected chi connectivity index (χ1v) is 8.68. The van der Waals surface area contributed by atoms with Crippen LogP contribution >= 0.6 is 0 Å². The van der Waals surface area contributed by atoms with E-state index < -0.39 is 0 Å². The Labute approximate surface area is 150 Å². The SMILES string of the molecule is COc1ccc(OCCNC(=O)Cc2ccc(CC(C)C)cc2)cc1. The van der Waals surface area contributed by atoms with Gasteiger partial charge in [0.15, 0.2) is 0 Å². The van der Waals surface area contributed by atoms with Gasteiger partial charge in [-0.25, -0.2) is 0 Å². The summed E-state index contributed by atoms with van der Waals surface area (Å²) in [5, 5.41) is 2.88. The Kier molecular flexibility index (Phi) is 7.33. The Hall–Kier alpha value is -2.49. The third-order valence-corrected chi connectivity index (χ3v) is 3.78. The lowest BCUT2D eigenvalue weighted by molar-refractivity contribution is -0.120. The van der Waals surface area contributed by atoms with Gasteiger partial charge in [0.2, 0.25) is 5.91 Å². The fourth-order valence-corrected chi connectivity index (χ4v) is 2.54. The standard InChI is InChI=1S/C21H27NO3/c1-16(2)14-17-4-6-18(7-5-17)15-21(23)22-12-13-25-20-10-8-19(24-3)9-11-20/h4-11,16H,12-15H2,1-3H3,(H,22,23). The second-order valence-electron chi connectivity index (χ2n) is 6.47. The van der Waals surface area contributed by atoms with E-state index in [1.807, 2.05) is 36.4 Å². The van der Waals surface area contributed by atoms with Crippen molar-refractivity contribution in [3.05, 3.63) is 59.7 Å². The maximum atomic E-state index is 12.0. The van der Waals surface area contributed by atoms with E-state index >= 15 is 0 Å². The van der Waals surface area contributed by atoms with Gasteiger partial charge >= 0.3 is 0 Å². The van der Waals surface area contributed by atoms with Crippen molar-refractivity contribution < 1.29 is 14.3 Å². The molecule has 0 spiro atoms. The van der Waals surface area contributed by atoms with Crippen LogP contribution in [-0.2, 0) is 17.6 Å². The summed E-state index contributed by atoms with van der Waals surface area (Å²) >= 11 is 0. The van der Waals surface area contributed by atoms with Crippen LogP contribution in [0.15, 0.2) is 48.5 Å². The third-order valence-electron chi connectivity index (χ3n) is 3.78. The number of hydrogen-bond donors (Lipinski definition) is 1. The van der Waals surface area contributed by atoms with Crippen LogP contribution in [0, 0.1) is 5.92 Å². The normalized spacial score (nSPS) is 10.6. The summed E-state index contributed by atoms with van der Waals surface area (Å²) in [6, 6.07) is 15.7. The Balaban J connectivity index is 1.67. The monoisotopic (exact) mass is 341 g/mol. The molecule has 0 unspecified atom stereocenters. The molecule has 2 aromatic rings. The van der Waals surface area contributed by atoms with Crippen molar-refractivity contribution in [3.8, 4) is 11.5 Å². The van der Waals surface area contributed by atoms with Crippen molar-refractivity contribution in [2.45, 2.75) is 26.7 Å². The maximum absolute atomic E-state index is 12.0. The highest BCUT2D eigenvalue weighted by Crippen LogP contribution is 2.16. The van der Waals surface area contributed by atoms with Crippen molar-refractivity contribution in [1.82, 2.24) is 5.32 Å². The van der Waals surface area contributed by atoms with Crippen molar-refractivity contribution >= 4 is 5.91 Å². The molecule has 134 valence electrons. The van der Waals surface area contributed by atoms with E-state index in [0.29, 0.717) is 25.5 Å². The Morgan fingerprint density at radius 2 is 1.56 bits per heavy atom. The van der Waals surface area contributed by atoms with Crippen LogP contribution in [0.5, 0.6) is 11.5 Å². The lowest BCUT2D eigenvalue weighted by Gasteiger charge is -2.09. The zero-order valence-corrected chi connectivity index (χ0v) is 15.2. The summed E-state index contributed by atoms with van der Waals surface area (Å²) in [6.45, 7) is 5.33. The smallest absolute Gasteiger partial charge is 0.224 e. The van der Waals surface area contributed by atoms with Gasteiger partial charge in [0.05, 0.1) is 20.1 Å². The second-order valence-corrected chi connectivity index (χ2v) is 6.47. The number of hydrogen-bond acceptors (Lipinski definition) is 3. The molecule has 4 nitrogen and oxygen atoms in total. The fraction of sp³-hybridized carbons (Fsp3) is 0.381. The first kappa shape index (κ1) is 18.8. The van der Waals surface area contributed by atoms with E-state index in [1.165, 1.54) is 5.56 Å². The molecule has 2 aromatic carbocycles. The zero-order chi connectivity index (χ0) is 18.1. The highest BCUT2D eigenvalue weighted by Gasteiger charge is 2.04. The zero-order valence-electron chi connectivity index (χ0n) is 15.2. The minimum Gasteiger partial charge on any atom is -0.497 e. The summed E-state index contributed by atoms with van der Waals surface area (Å²) in [5.41, 5.74) is 2.34. The van der Waals surface area contributed by atoms with Crippen LogP contribution in [0.4, 0.5) is 0 Å². The molecular weight excluding hydrogens is 314 g/mol. The summed E-state index contributed by atoms with van der Waals surface area (Å²) in [5.74, 6) is 2.20. The predicted molar refractivity (Wildman–Crippen MR) is 100 cm³/mol. The molecule has 0 radical (unpaired) electrons. The number of benzene rings is 2. The summed E-state index contributed by atoms with van der Waals surface area (Å²) in [7, 11) is 1.63. The number of rotatable bonds is 9. The Morgan fingerprint density at radius 1 is 0.960 bits per heavy atom. The van der Waals surface area contributed by atoms with Gasteiger partial charge < -0.3 is 14.8 Å². The van der Waals surface area contributed by atoms with Crippen molar-refractivity contribution in [3.63, 3.8) is 0 Å². The van der Waals surface area contributed by atoms with Crippen LogP contribution in [0.1, 0.15) is 25.0 Å². The van der Waals surface area contributed by atoms with Crippen LogP contribution in [0.25, 0.3) is 0 Å². The van der Waals surface area contributed by atoms with Crippen LogP contribution in [0.3, 0.4) is 0 Å². The van der Waals surface area contributed by atoms with Gasteiger partial charge in [0.1, 0.15) is 18.1 Å². The average molecular weight is 341 g/mol. The number of carbonyl (C=O) groups excluding carboxylic acids is 1. The van der Waals surface area contributed by atoms with Gasteiger partial charge in [-0.05, 0) is 47.7 Å². The third kappa shape index (κ3) is 6.87. The Morgan fingerprint density at radius 3 is 2.16 bits per heavy atom. The molecule has 0 aliphatic carbocycles. The van der Waals surface area contributed by atoms with Crippen LogP contribution < -0.4 is 14.8 Å². The van der Waals surface area contributed by atoms with Crippen molar-refractivity contribution in [2.24, 2.45) is 5.92 Å². The quantitative estimate of drug-likeness (QED) is 0.709. The molecule has 25 heavy (non-hydrogen) atoms. The predicted octanol–water partition coefficient (Wildman–Crippen LogP) is 3.63. The molecule has 0 fully saturated rings. The Bertz CT molecular complexity index is 648. The van der Waals surface area contributed by atoms with Gasteiger partial charge in [0.25, 0.3) is 0 Å². The molecule has 0 aromatic heterocycles. The molecule has 0 saturated carbocycles. The molecule has 0 aliphatic rings. The topological polar surface area (TPSA) is 47.6 Å². The summed E-state index contributed by atoms with van der Waals surface area (Å²) in [6.07, 6.45) is 1.46. The van der Waals surface area contributed by atoms with E-state index in [9.17, 15) is 4.79 Å². The van der Waals surface area contributed by atoms with Crippen molar-refractivity contribution in [2.75, 3.05) is 20.3 Å². The van der Waals surface area contributed by atoms with Crippen molar-refractivity contribution in [1.29, 1.82) is 0 Å². The van der Waals surface area contributed by atoms with E-state index in [-0.39, 0.29) is 5.91 Å². The number of nitrogens with one attached hydrogen (secondary N) is 1. The highest BCUT2D eigenvalue weighted by atomic mass is 16.5. The van der Waals surface area contributed by atoms with Gasteiger partial charge in [-0.15, -0.1) is 0 Å². The molecule has 2 rings (SSSR count). The van der Waals surface area contributed by atoms with E-state index in [1.54, 1.807) is 7.11 Å². The molecular formula is C21H27NO3. The number of carbonyl (C=O) groups is 1. The minimum atomic E-state index is 0.00920. The molecule has 0 bridgehead atoms. The maximum Gasteiger partial charge on any atom is 0.224 e. The van der Waals surface area contributed by atoms with Gasteiger partial charge in [-0.1, -0.05) is 38.1 Å². The summed E-state index contributed by atoms with van der Waals surface area (Å²) < 4.78 is 10.7. The fourth-order valence-electron chi connectivity index (χ4n) is 2.54. The molecule has 0 aliphatic heterocycles. The first-order valence-electron chi connectivity index (χ1n) is 8.68. The van der Waals surface area contributed by atoms with E-state index in [2.05, 4.69) is 31.3 Å². The number of methoxy groups -OCH3 is 1. The number of ether oxygens (including phenoxy) is 2. The molecule has 0 heterocycles. The highest BCUT2D eigenvalue weighted by molar-refractivity contribution is 5.78. The lowest BCUT2D eigenvalue weighted by Crippen LogP contribution is -2.29. The molecule has 0 saturated heterocycles. The molecule has 4 heteroatoms. The second kappa shape index (κ2) is 9.72. The molecule has 1 N–H and O–H groups in total. The van der Waals surface area contributed by atoms with Gasteiger partial charge in [-0.2, -0.15) is 0 Å². The minimum absolute atomic E-state index is 0.00920. The van der Waals surface area contributed by atoms with Gasteiger partial charge in [0, 0.05) is 0 Å². The van der Waals surface area contributed by atoms with Gasteiger partial charge in [-0.3, -0.25) is 4.79 Å². The van der Waals surface area contributed by atoms with E-state index in [4.69, 9.17) is 9.47 Å². The largest absolute Gasteiger partial charge is 0.497 e. The first-order chi connectivity index (χ1) is 12.1. The molecule has 1 amide bonds. The van der Waals surface area contributed by atoms with Crippen LogP contribution in [-0.4, -0.2) is 26.2 Å². The lowest BCUT2D eigenvalue weighted by atomic mass is 10.0.